The highest BCUT2D eigenvalue weighted by molar-refractivity contribution is 6.30. The van der Waals surface area contributed by atoms with E-state index in [0.717, 1.165) is 23.5 Å². The molecule has 1 aromatic carbocycles. The highest BCUT2D eigenvalue weighted by atomic mass is 35.5. The summed E-state index contributed by atoms with van der Waals surface area (Å²) in [5.41, 5.74) is 2.94. The second-order valence-corrected chi connectivity index (χ2v) is 7.73. The van der Waals surface area contributed by atoms with Gasteiger partial charge >= 0.3 is 0 Å². The van der Waals surface area contributed by atoms with Crippen molar-refractivity contribution in [2.45, 2.75) is 39.2 Å². The van der Waals surface area contributed by atoms with Crippen molar-refractivity contribution in [3.63, 3.8) is 0 Å². The van der Waals surface area contributed by atoms with Gasteiger partial charge in [0.15, 0.2) is 11.5 Å². The van der Waals surface area contributed by atoms with Crippen molar-refractivity contribution in [3.8, 4) is 17.3 Å². The molecule has 0 bridgehead atoms. The average molecular weight is 368 g/mol. The molecular weight excluding hydrogens is 346 g/mol. The highest BCUT2D eigenvalue weighted by Gasteiger charge is 2.29. The van der Waals surface area contributed by atoms with Crippen molar-refractivity contribution in [3.05, 3.63) is 41.0 Å². The van der Waals surface area contributed by atoms with Gasteiger partial charge < -0.3 is 5.32 Å². The number of nitriles is 1. The summed E-state index contributed by atoms with van der Waals surface area (Å²) >= 11 is 6.20. The molecule has 0 saturated heterocycles. The molecule has 5 nitrogen and oxygen atoms in total. The van der Waals surface area contributed by atoms with Crippen molar-refractivity contribution in [1.29, 1.82) is 5.26 Å². The van der Waals surface area contributed by atoms with E-state index in [2.05, 4.69) is 30.3 Å². The first-order chi connectivity index (χ1) is 12.6. The van der Waals surface area contributed by atoms with E-state index in [1.54, 1.807) is 6.20 Å². The lowest BCUT2D eigenvalue weighted by Crippen LogP contribution is -2.35. The Morgan fingerprint density at radius 2 is 2.19 bits per heavy atom. The van der Waals surface area contributed by atoms with Crippen LogP contribution in [0.25, 0.3) is 16.9 Å². The Kier molecular flexibility index (Phi) is 4.37. The molecule has 26 heavy (non-hydrogen) atoms. The Bertz CT molecular complexity index is 980. The van der Waals surface area contributed by atoms with Crippen LogP contribution < -0.4 is 5.32 Å². The van der Waals surface area contributed by atoms with Gasteiger partial charge in [0.05, 0.1) is 0 Å². The second-order valence-electron chi connectivity index (χ2n) is 7.30. The number of imidazole rings is 1. The lowest BCUT2D eigenvalue weighted by atomic mass is 9.78. The first-order valence-electron chi connectivity index (χ1n) is 9.11. The van der Waals surface area contributed by atoms with Crippen LogP contribution in [0.1, 0.15) is 38.7 Å². The lowest BCUT2D eigenvalue weighted by molar-refractivity contribution is 0.252. The largest absolute Gasteiger partial charge is 0.365 e. The molecule has 0 amide bonds. The van der Waals surface area contributed by atoms with Gasteiger partial charge in [0.1, 0.15) is 17.3 Å². The number of anilines is 1. The number of nitrogens with one attached hydrogen (secondary N) is 2. The Morgan fingerprint density at radius 1 is 1.35 bits per heavy atom. The van der Waals surface area contributed by atoms with Crippen LogP contribution >= 0.6 is 11.6 Å². The number of hydrogen-bond acceptors (Lipinski definition) is 3. The summed E-state index contributed by atoms with van der Waals surface area (Å²) in [4.78, 5) is 4.75. The highest BCUT2D eigenvalue weighted by Crippen LogP contribution is 2.36. The molecule has 4 rings (SSSR count). The van der Waals surface area contributed by atoms with Crippen LogP contribution in [0, 0.1) is 23.2 Å². The van der Waals surface area contributed by atoms with Gasteiger partial charge in [-0.25, -0.2) is 9.50 Å². The molecule has 2 N–H and O–H groups in total. The molecule has 3 aromatic rings. The SMILES string of the molecule is C[C@@H]1[C@H](C)CCC[C@@H]1Nc1c(-c2cccc(Cl)c2)nc2c(C#N)c[nH]n12. The van der Waals surface area contributed by atoms with Gasteiger partial charge in [-0.1, -0.05) is 50.4 Å². The zero-order chi connectivity index (χ0) is 18.3. The van der Waals surface area contributed by atoms with E-state index < -0.39 is 0 Å². The van der Waals surface area contributed by atoms with E-state index in [0.29, 0.717) is 34.1 Å². The molecule has 2 aromatic heterocycles. The Morgan fingerprint density at radius 3 is 2.96 bits per heavy atom. The van der Waals surface area contributed by atoms with Crippen molar-refractivity contribution in [2.24, 2.45) is 11.8 Å². The first kappa shape index (κ1) is 17.0. The maximum atomic E-state index is 9.37. The van der Waals surface area contributed by atoms with Crippen LogP contribution in [0.2, 0.25) is 5.02 Å². The van der Waals surface area contributed by atoms with Crippen LogP contribution in [0.4, 0.5) is 5.82 Å². The first-order valence-corrected chi connectivity index (χ1v) is 9.48. The molecule has 134 valence electrons. The fourth-order valence-corrected chi connectivity index (χ4v) is 4.12. The van der Waals surface area contributed by atoms with Crippen molar-refractivity contribution < 1.29 is 0 Å². The van der Waals surface area contributed by atoms with Crippen LogP contribution in [0.15, 0.2) is 30.5 Å². The third-order valence-corrected chi connectivity index (χ3v) is 5.94. The number of halogens is 1. The van der Waals surface area contributed by atoms with E-state index in [1.807, 2.05) is 28.8 Å². The van der Waals surface area contributed by atoms with Gasteiger partial charge in [-0.3, -0.25) is 5.10 Å². The number of nitrogens with zero attached hydrogens (tertiary/aromatic N) is 3. The number of aromatic nitrogens is 3. The minimum absolute atomic E-state index is 0.380. The van der Waals surface area contributed by atoms with Crippen LogP contribution in [0.5, 0.6) is 0 Å². The summed E-state index contributed by atoms with van der Waals surface area (Å²) in [6, 6.07) is 10.3. The van der Waals surface area contributed by atoms with Crippen LogP contribution in [0.3, 0.4) is 0 Å². The maximum absolute atomic E-state index is 9.37. The van der Waals surface area contributed by atoms with Gasteiger partial charge in [0.25, 0.3) is 0 Å². The average Bonchev–Trinajstić information content (AvgIpc) is 3.18. The van der Waals surface area contributed by atoms with E-state index >= 15 is 0 Å². The van der Waals surface area contributed by atoms with Crippen molar-refractivity contribution in [1.82, 2.24) is 14.6 Å². The molecule has 2 heterocycles. The summed E-state index contributed by atoms with van der Waals surface area (Å²) < 4.78 is 1.88. The fourth-order valence-electron chi connectivity index (χ4n) is 3.93. The van der Waals surface area contributed by atoms with E-state index in [4.69, 9.17) is 16.6 Å². The molecule has 0 spiro atoms. The molecule has 0 unspecified atom stereocenters. The monoisotopic (exact) mass is 367 g/mol. The number of fused-ring (bicyclic) bond motifs is 1. The predicted octanol–water partition coefficient (Wildman–Crippen LogP) is 5.09. The Balaban J connectivity index is 1.82. The number of benzene rings is 1. The maximum Gasteiger partial charge on any atom is 0.173 e. The number of hydrogen-bond donors (Lipinski definition) is 2. The topological polar surface area (TPSA) is 68.9 Å². The second kappa shape index (κ2) is 6.69. The molecule has 1 saturated carbocycles. The smallest absolute Gasteiger partial charge is 0.173 e. The third-order valence-electron chi connectivity index (χ3n) is 5.70. The van der Waals surface area contributed by atoms with E-state index in [-0.39, 0.29) is 0 Å². The molecule has 3 atom stereocenters. The molecule has 1 fully saturated rings. The van der Waals surface area contributed by atoms with Crippen molar-refractivity contribution >= 4 is 23.1 Å². The lowest BCUT2D eigenvalue weighted by Gasteiger charge is -2.35. The summed E-state index contributed by atoms with van der Waals surface area (Å²) in [6.45, 7) is 4.64. The van der Waals surface area contributed by atoms with E-state index in [1.165, 1.54) is 12.8 Å². The zero-order valence-corrected chi connectivity index (χ0v) is 15.7. The van der Waals surface area contributed by atoms with Gasteiger partial charge in [-0.2, -0.15) is 5.26 Å². The molecule has 6 heteroatoms. The van der Waals surface area contributed by atoms with Gasteiger partial charge in [-0.05, 0) is 30.4 Å². The number of rotatable bonds is 3. The van der Waals surface area contributed by atoms with Crippen molar-refractivity contribution in [2.75, 3.05) is 5.32 Å². The normalized spacial score (nSPS) is 23.1. The molecule has 0 aliphatic heterocycles. The minimum Gasteiger partial charge on any atom is -0.365 e. The molecule has 0 radical (unpaired) electrons. The fraction of sp³-hybridized carbons (Fsp3) is 0.400. The molecule has 1 aliphatic rings. The molecular formula is C20H22ClN5. The quantitative estimate of drug-likeness (QED) is 0.677. The van der Waals surface area contributed by atoms with E-state index in [9.17, 15) is 5.26 Å². The van der Waals surface area contributed by atoms with Gasteiger partial charge in [-0.15, -0.1) is 0 Å². The number of aromatic amines is 1. The predicted molar refractivity (Wildman–Crippen MR) is 104 cm³/mol. The summed E-state index contributed by atoms with van der Waals surface area (Å²) in [5, 5.41) is 16.9. The van der Waals surface area contributed by atoms with Gasteiger partial charge in [0, 0.05) is 22.8 Å². The summed E-state index contributed by atoms with van der Waals surface area (Å²) in [7, 11) is 0. The zero-order valence-electron chi connectivity index (χ0n) is 15.0. The Hall–Kier alpha value is -2.45. The third kappa shape index (κ3) is 2.85. The summed E-state index contributed by atoms with van der Waals surface area (Å²) in [6.07, 6.45) is 5.34. The Labute approximate surface area is 158 Å². The van der Waals surface area contributed by atoms with Crippen LogP contribution in [-0.4, -0.2) is 20.6 Å². The standard InChI is InChI=1S/C20H22ClN5/c1-12-5-3-8-17(13(12)2)24-20-18(14-6-4-7-16(21)9-14)25-19-15(10-22)11-23-26(19)20/h4,6-7,9,11-13,17,23-24H,3,5,8H2,1-2H3/t12-,13-,17+/m1/s1. The van der Waals surface area contributed by atoms with Gasteiger partial charge in [0.2, 0.25) is 0 Å². The minimum atomic E-state index is 0.380. The number of H-pyrrole nitrogens is 1. The molecule has 1 aliphatic carbocycles. The summed E-state index contributed by atoms with van der Waals surface area (Å²) in [5.74, 6) is 2.17. The van der Waals surface area contributed by atoms with Crippen LogP contribution in [-0.2, 0) is 0 Å².